The molecular formula is C23H30F3N3O7S. The van der Waals surface area contributed by atoms with Gasteiger partial charge in [0.25, 0.3) is 5.91 Å². The largest absolute Gasteiger partial charge is 0.444 e. The smallest absolute Gasteiger partial charge is 0.410 e. The highest BCUT2D eigenvalue weighted by atomic mass is 32.2. The zero-order valence-corrected chi connectivity index (χ0v) is 20.9. The zero-order valence-electron chi connectivity index (χ0n) is 20.1. The maximum atomic E-state index is 14.2. The van der Waals surface area contributed by atoms with E-state index in [1.807, 2.05) is 0 Å². The highest BCUT2D eigenvalue weighted by molar-refractivity contribution is 7.89. The van der Waals surface area contributed by atoms with Crippen LogP contribution in [-0.2, 0) is 24.3 Å². The van der Waals surface area contributed by atoms with Crippen molar-refractivity contribution in [3.63, 3.8) is 0 Å². The van der Waals surface area contributed by atoms with Crippen molar-refractivity contribution < 1.29 is 45.9 Å². The monoisotopic (exact) mass is 549 g/mol. The van der Waals surface area contributed by atoms with E-state index in [-0.39, 0.29) is 63.5 Å². The Morgan fingerprint density at radius 2 is 1.70 bits per heavy atom. The zero-order chi connectivity index (χ0) is 26.8. The maximum Gasteiger partial charge on any atom is 0.410 e. The van der Waals surface area contributed by atoms with E-state index in [1.54, 1.807) is 5.48 Å². The molecule has 3 aliphatic rings. The fourth-order valence-electron chi connectivity index (χ4n) is 5.30. The lowest BCUT2D eigenvalue weighted by atomic mass is 9.79. The number of halogens is 3. The van der Waals surface area contributed by atoms with E-state index in [4.69, 9.17) is 9.47 Å². The van der Waals surface area contributed by atoms with E-state index in [2.05, 4.69) is 0 Å². The number of piperidine rings is 2. The van der Waals surface area contributed by atoms with Crippen LogP contribution < -0.4 is 5.48 Å². The summed E-state index contributed by atoms with van der Waals surface area (Å²) in [4.78, 5) is 26.5. The van der Waals surface area contributed by atoms with Gasteiger partial charge < -0.3 is 14.4 Å². The van der Waals surface area contributed by atoms with Crippen LogP contribution in [0.15, 0.2) is 12.1 Å². The molecule has 3 aliphatic heterocycles. The van der Waals surface area contributed by atoms with E-state index < -0.39 is 56.6 Å². The summed E-state index contributed by atoms with van der Waals surface area (Å²) >= 11 is 0. The number of hydroxylamine groups is 1. The molecule has 37 heavy (non-hydrogen) atoms. The second kappa shape index (κ2) is 11.1. The Bertz CT molecular complexity index is 1090. The van der Waals surface area contributed by atoms with E-state index in [1.165, 1.54) is 4.90 Å². The summed E-state index contributed by atoms with van der Waals surface area (Å²) in [6.07, 6.45) is -0.135. The highest BCUT2D eigenvalue weighted by Crippen LogP contribution is 2.37. The summed E-state index contributed by atoms with van der Waals surface area (Å²) in [6, 6.07) is 1.20. The molecule has 1 atom stereocenters. The normalized spacial score (nSPS) is 23.1. The fraction of sp³-hybridized carbons (Fsp3) is 0.652. The second-order valence-corrected chi connectivity index (χ2v) is 11.8. The standard InChI is InChI=1S/C23H30F3N3O7S/c24-16-11-18(25)20(19(26)12-16)15-1-6-29(7-2-15)37(33,34)14-23(21(30)27-32)4-8-28(9-5-23)22(31)36-17-3-10-35-13-17/h11-12,15,17,32H,1-10,13-14H2,(H,27,30)/t17-/m0/s1. The summed E-state index contributed by atoms with van der Waals surface area (Å²) in [6.45, 7) is 0.845. The number of amides is 2. The van der Waals surface area contributed by atoms with Crippen molar-refractivity contribution >= 4 is 22.0 Å². The molecule has 2 N–H and O–H groups in total. The Hall–Kier alpha value is -2.42. The van der Waals surface area contributed by atoms with Crippen molar-refractivity contribution in [3.05, 3.63) is 35.1 Å². The molecule has 0 aromatic heterocycles. The van der Waals surface area contributed by atoms with Gasteiger partial charge in [-0.1, -0.05) is 0 Å². The second-order valence-electron chi connectivity index (χ2n) is 9.79. The molecule has 0 unspecified atom stereocenters. The molecule has 1 aromatic carbocycles. The number of rotatable bonds is 6. The minimum atomic E-state index is -4.02. The van der Waals surface area contributed by atoms with Gasteiger partial charge in [0.05, 0.1) is 24.4 Å². The number of sulfonamides is 1. The van der Waals surface area contributed by atoms with Crippen molar-refractivity contribution in [2.45, 2.75) is 44.1 Å². The van der Waals surface area contributed by atoms with Gasteiger partial charge in [0, 0.05) is 50.3 Å². The first-order valence-electron chi connectivity index (χ1n) is 12.1. The van der Waals surface area contributed by atoms with Crippen LogP contribution in [0, 0.1) is 22.9 Å². The Morgan fingerprint density at radius 3 is 2.24 bits per heavy atom. The molecule has 3 heterocycles. The van der Waals surface area contributed by atoms with E-state index in [0.29, 0.717) is 31.8 Å². The molecule has 3 fully saturated rings. The maximum absolute atomic E-state index is 14.2. The van der Waals surface area contributed by atoms with Crippen LogP contribution in [0.4, 0.5) is 18.0 Å². The van der Waals surface area contributed by atoms with Crippen LogP contribution in [0.1, 0.15) is 43.6 Å². The number of nitrogens with one attached hydrogen (secondary N) is 1. The van der Waals surface area contributed by atoms with Gasteiger partial charge in [-0.05, 0) is 31.6 Å². The minimum Gasteiger partial charge on any atom is -0.444 e. The van der Waals surface area contributed by atoms with Crippen LogP contribution in [0.5, 0.6) is 0 Å². The number of ether oxygens (including phenoxy) is 2. The van der Waals surface area contributed by atoms with Crippen LogP contribution in [0.2, 0.25) is 0 Å². The first-order valence-corrected chi connectivity index (χ1v) is 13.8. The molecule has 0 bridgehead atoms. The van der Waals surface area contributed by atoms with Crippen LogP contribution >= 0.6 is 0 Å². The highest BCUT2D eigenvalue weighted by Gasteiger charge is 2.47. The van der Waals surface area contributed by atoms with Crippen molar-refractivity contribution in [1.82, 2.24) is 14.7 Å². The molecule has 0 saturated carbocycles. The molecule has 0 aliphatic carbocycles. The summed E-state index contributed by atoms with van der Waals surface area (Å²) in [5.41, 5.74) is -0.183. The Kier molecular flexibility index (Phi) is 8.31. The molecule has 2 amide bonds. The van der Waals surface area contributed by atoms with Gasteiger partial charge in [-0.3, -0.25) is 10.0 Å². The van der Waals surface area contributed by atoms with Gasteiger partial charge in [-0.2, -0.15) is 0 Å². The third-order valence-electron chi connectivity index (χ3n) is 7.48. The molecule has 1 aromatic rings. The average molecular weight is 550 g/mol. The van der Waals surface area contributed by atoms with Crippen molar-refractivity contribution in [2.24, 2.45) is 5.41 Å². The lowest BCUT2D eigenvalue weighted by Crippen LogP contribution is -2.55. The van der Waals surface area contributed by atoms with Gasteiger partial charge in [0.1, 0.15) is 23.6 Å². The fourth-order valence-corrected chi connectivity index (χ4v) is 7.37. The number of carbonyl (C=O) groups is 2. The van der Waals surface area contributed by atoms with Crippen LogP contribution in [0.3, 0.4) is 0 Å². The average Bonchev–Trinajstić information content (AvgIpc) is 3.36. The molecular weight excluding hydrogens is 519 g/mol. The van der Waals surface area contributed by atoms with E-state index in [0.717, 1.165) is 4.31 Å². The van der Waals surface area contributed by atoms with Gasteiger partial charge in [0.2, 0.25) is 10.0 Å². The Labute approximate surface area is 212 Å². The van der Waals surface area contributed by atoms with Gasteiger partial charge >= 0.3 is 6.09 Å². The van der Waals surface area contributed by atoms with Gasteiger partial charge in [-0.25, -0.2) is 36.2 Å². The summed E-state index contributed by atoms with van der Waals surface area (Å²) in [5.74, 6) is -5.14. The van der Waals surface area contributed by atoms with Crippen LogP contribution in [0.25, 0.3) is 0 Å². The molecule has 0 radical (unpaired) electrons. The third kappa shape index (κ3) is 6.02. The minimum absolute atomic E-state index is 0.0165. The lowest BCUT2D eigenvalue weighted by molar-refractivity contribution is -0.141. The lowest BCUT2D eigenvalue weighted by Gasteiger charge is -2.41. The molecule has 4 rings (SSSR count). The molecule has 14 heteroatoms. The SMILES string of the molecule is O=C(O[C@H]1CCOC1)N1CCC(CS(=O)(=O)N2CCC(c3c(F)cc(F)cc3F)CC2)(C(=O)NO)CC1. The topological polar surface area (TPSA) is 125 Å². The van der Waals surface area contributed by atoms with E-state index >= 15 is 0 Å². The van der Waals surface area contributed by atoms with Crippen molar-refractivity contribution in [1.29, 1.82) is 0 Å². The summed E-state index contributed by atoms with van der Waals surface area (Å²) in [5, 5.41) is 9.33. The molecule has 3 saturated heterocycles. The summed E-state index contributed by atoms with van der Waals surface area (Å²) in [7, 11) is -4.02. The van der Waals surface area contributed by atoms with Crippen LogP contribution in [-0.4, -0.2) is 86.1 Å². The first kappa shape index (κ1) is 27.6. The predicted octanol–water partition coefficient (Wildman–Crippen LogP) is 2.13. The van der Waals surface area contributed by atoms with Crippen molar-refractivity contribution in [2.75, 3.05) is 45.1 Å². The number of hydrogen-bond donors (Lipinski definition) is 2. The Balaban J connectivity index is 1.39. The van der Waals surface area contributed by atoms with E-state index in [9.17, 15) is 36.4 Å². The quantitative estimate of drug-likeness (QED) is 0.411. The van der Waals surface area contributed by atoms with Gasteiger partial charge in [0.15, 0.2) is 0 Å². The third-order valence-corrected chi connectivity index (χ3v) is 9.54. The Morgan fingerprint density at radius 1 is 1.08 bits per heavy atom. The number of likely N-dealkylation sites (tertiary alicyclic amines) is 1. The van der Waals surface area contributed by atoms with Crippen molar-refractivity contribution in [3.8, 4) is 0 Å². The number of hydrogen-bond acceptors (Lipinski definition) is 7. The van der Waals surface area contributed by atoms with Gasteiger partial charge in [-0.15, -0.1) is 0 Å². The number of benzene rings is 1. The molecule has 10 nitrogen and oxygen atoms in total. The molecule has 0 spiro atoms. The summed E-state index contributed by atoms with van der Waals surface area (Å²) < 4.78 is 80.0. The predicted molar refractivity (Wildman–Crippen MR) is 123 cm³/mol. The number of carbonyl (C=O) groups excluding carboxylic acids is 2. The number of nitrogens with zero attached hydrogens (tertiary/aromatic N) is 2. The molecule has 206 valence electrons. The first-order chi connectivity index (χ1) is 17.5.